The fourth-order valence-corrected chi connectivity index (χ4v) is 1.55. The van der Waals surface area contributed by atoms with Crippen molar-refractivity contribution in [1.29, 1.82) is 0 Å². The first-order valence-corrected chi connectivity index (χ1v) is 6.77. The highest BCUT2D eigenvalue weighted by molar-refractivity contribution is 5.96. The molecule has 0 fully saturated rings. The van der Waals surface area contributed by atoms with Gasteiger partial charge in [-0.3, -0.25) is 4.79 Å². The topological polar surface area (TPSA) is 96.2 Å². The van der Waals surface area contributed by atoms with Gasteiger partial charge in [-0.05, 0) is 32.0 Å². The average Bonchev–Trinajstić information content (AvgIpc) is 2.44. The first-order valence-electron chi connectivity index (χ1n) is 6.77. The maximum Gasteiger partial charge on any atom is 0.319 e. The predicted molar refractivity (Wildman–Crippen MR) is 80.1 cm³/mol. The van der Waals surface area contributed by atoms with E-state index in [0.29, 0.717) is 5.69 Å². The highest BCUT2D eigenvalue weighted by Gasteiger charge is 2.27. The van der Waals surface area contributed by atoms with Crippen LogP contribution in [0.1, 0.15) is 24.2 Å². The van der Waals surface area contributed by atoms with Gasteiger partial charge >= 0.3 is 6.03 Å². The van der Waals surface area contributed by atoms with Gasteiger partial charge in [-0.1, -0.05) is 6.07 Å². The van der Waals surface area contributed by atoms with Gasteiger partial charge in [0.15, 0.2) is 0 Å². The van der Waals surface area contributed by atoms with Crippen LogP contribution in [0, 0.1) is 0 Å². The molecule has 0 aliphatic heterocycles. The molecule has 0 radical (unpaired) electrons. The minimum atomic E-state index is -3.15. The average molecular weight is 314 g/mol. The number of carbonyl (C=O) groups excluding carboxylic acids is 2. The third-order valence-corrected chi connectivity index (χ3v) is 2.61. The number of urea groups is 1. The van der Waals surface area contributed by atoms with Gasteiger partial charge in [0.1, 0.15) is 0 Å². The standard InChI is InChI=1S/C14H20F2N4O2/c1-9(2)19-13(22)20-11-5-3-4-10(6-11)12(21)18-8-14(15,16)7-17/h3-6,9H,7-8,17H2,1-2H3,(H,18,21)(H2,19,20,22). The number of benzene rings is 1. The normalized spacial score (nSPS) is 11.2. The molecule has 0 aliphatic carbocycles. The zero-order valence-corrected chi connectivity index (χ0v) is 12.5. The fourth-order valence-electron chi connectivity index (χ4n) is 1.55. The Morgan fingerprint density at radius 3 is 2.59 bits per heavy atom. The molecular formula is C14H20F2N4O2. The second-order valence-electron chi connectivity index (χ2n) is 5.08. The lowest BCUT2D eigenvalue weighted by Gasteiger charge is -2.15. The van der Waals surface area contributed by atoms with Crippen molar-refractivity contribution in [2.75, 3.05) is 18.4 Å². The molecule has 1 aromatic rings. The monoisotopic (exact) mass is 314 g/mol. The quantitative estimate of drug-likeness (QED) is 0.641. The molecule has 3 amide bonds. The first-order chi connectivity index (χ1) is 10.2. The smallest absolute Gasteiger partial charge is 0.319 e. The maximum absolute atomic E-state index is 13.0. The zero-order valence-electron chi connectivity index (χ0n) is 12.5. The Labute approximate surface area is 127 Å². The number of rotatable bonds is 6. The van der Waals surface area contributed by atoms with Gasteiger partial charge in [-0.2, -0.15) is 0 Å². The number of halogens is 2. The molecule has 0 heterocycles. The molecule has 1 rings (SSSR count). The van der Waals surface area contributed by atoms with Crippen LogP contribution in [0.15, 0.2) is 24.3 Å². The number of nitrogens with two attached hydrogens (primary N) is 1. The second kappa shape index (κ2) is 7.69. The van der Waals surface area contributed by atoms with Crippen molar-refractivity contribution in [3.05, 3.63) is 29.8 Å². The molecule has 122 valence electrons. The summed E-state index contributed by atoms with van der Waals surface area (Å²) in [5.74, 6) is -3.82. The van der Waals surface area contributed by atoms with Crippen molar-refractivity contribution in [3.63, 3.8) is 0 Å². The first kappa shape index (κ1) is 17.8. The van der Waals surface area contributed by atoms with Gasteiger partial charge in [0, 0.05) is 17.3 Å². The van der Waals surface area contributed by atoms with E-state index in [-0.39, 0.29) is 11.6 Å². The van der Waals surface area contributed by atoms with Crippen LogP contribution in [0.3, 0.4) is 0 Å². The van der Waals surface area contributed by atoms with Crippen LogP contribution in [-0.4, -0.2) is 37.0 Å². The lowest BCUT2D eigenvalue weighted by atomic mass is 10.2. The third-order valence-electron chi connectivity index (χ3n) is 2.61. The van der Waals surface area contributed by atoms with E-state index < -0.39 is 31.0 Å². The van der Waals surface area contributed by atoms with E-state index in [1.807, 2.05) is 0 Å². The minimum absolute atomic E-state index is 0.0371. The molecule has 5 N–H and O–H groups in total. The fraction of sp³-hybridized carbons (Fsp3) is 0.429. The van der Waals surface area contributed by atoms with Gasteiger partial charge in [0.25, 0.3) is 11.8 Å². The van der Waals surface area contributed by atoms with Crippen molar-refractivity contribution >= 4 is 17.6 Å². The minimum Gasteiger partial charge on any atom is -0.346 e. The van der Waals surface area contributed by atoms with E-state index in [4.69, 9.17) is 5.73 Å². The van der Waals surface area contributed by atoms with Crippen molar-refractivity contribution in [2.45, 2.75) is 25.8 Å². The van der Waals surface area contributed by atoms with E-state index in [9.17, 15) is 18.4 Å². The van der Waals surface area contributed by atoms with Gasteiger partial charge in [-0.25, -0.2) is 13.6 Å². The lowest BCUT2D eigenvalue weighted by Crippen LogP contribution is -2.41. The molecule has 6 nitrogen and oxygen atoms in total. The van der Waals surface area contributed by atoms with E-state index in [1.165, 1.54) is 12.1 Å². The van der Waals surface area contributed by atoms with E-state index in [0.717, 1.165) is 0 Å². The van der Waals surface area contributed by atoms with Gasteiger partial charge < -0.3 is 21.7 Å². The number of amides is 3. The predicted octanol–water partition coefficient (Wildman–Crippen LogP) is 1.54. The molecule has 0 aliphatic rings. The number of anilines is 1. The van der Waals surface area contributed by atoms with E-state index >= 15 is 0 Å². The third kappa shape index (κ3) is 6.04. The molecule has 0 saturated heterocycles. The molecule has 22 heavy (non-hydrogen) atoms. The van der Waals surface area contributed by atoms with Crippen LogP contribution in [-0.2, 0) is 0 Å². The largest absolute Gasteiger partial charge is 0.346 e. The Balaban J connectivity index is 2.67. The summed E-state index contributed by atoms with van der Waals surface area (Å²) in [7, 11) is 0. The summed E-state index contributed by atoms with van der Waals surface area (Å²) in [4.78, 5) is 23.4. The highest BCUT2D eigenvalue weighted by atomic mass is 19.3. The van der Waals surface area contributed by atoms with Crippen molar-refractivity contribution < 1.29 is 18.4 Å². The summed E-state index contributed by atoms with van der Waals surface area (Å²) < 4.78 is 26.0. The van der Waals surface area contributed by atoms with Gasteiger partial charge in [0.2, 0.25) is 0 Å². The summed E-state index contributed by atoms with van der Waals surface area (Å²) in [5.41, 5.74) is 5.44. The van der Waals surface area contributed by atoms with E-state index in [1.54, 1.807) is 26.0 Å². The molecule has 0 spiro atoms. The summed E-state index contributed by atoms with van der Waals surface area (Å²) in [6.07, 6.45) is 0. The molecule has 8 heteroatoms. The Morgan fingerprint density at radius 1 is 1.32 bits per heavy atom. The SMILES string of the molecule is CC(C)NC(=O)Nc1cccc(C(=O)NCC(F)(F)CN)c1. The van der Waals surface area contributed by atoms with Crippen molar-refractivity contribution in [3.8, 4) is 0 Å². The zero-order chi connectivity index (χ0) is 16.8. The number of hydrogen-bond acceptors (Lipinski definition) is 3. The van der Waals surface area contributed by atoms with Crippen LogP contribution in [0.2, 0.25) is 0 Å². The molecule has 0 unspecified atom stereocenters. The van der Waals surface area contributed by atoms with Crippen LogP contribution in [0.5, 0.6) is 0 Å². The summed E-state index contributed by atoms with van der Waals surface area (Å²) in [5, 5.41) is 7.29. The van der Waals surface area contributed by atoms with Crippen molar-refractivity contribution in [1.82, 2.24) is 10.6 Å². The second-order valence-corrected chi connectivity index (χ2v) is 5.08. The number of nitrogens with one attached hydrogen (secondary N) is 3. The summed E-state index contributed by atoms with van der Waals surface area (Å²) in [6, 6.07) is 5.54. The van der Waals surface area contributed by atoms with Gasteiger partial charge in [0.05, 0.1) is 13.1 Å². The summed E-state index contributed by atoms with van der Waals surface area (Å²) >= 11 is 0. The Hall–Kier alpha value is -2.22. The van der Waals surface area contributed by atoms with Crippen molar-refractivity contribution in [2.24, 2.45) is 5.73 Å². The Bertz CT molecular complexity index is 535. The molecular weight excluding hydrogens is 294 g/mol. The van der Waals surface area contributed by atoms with Crippen LogP contribution >= 0.6 is 0 Å². The highest BCUT2D eigenvalue weighted by Crippen LogP contribution is 2.12. The number of carbonyl (C=O) groups is 2. The van der Waals surface area contributed by atoms with Crippen LogP contribution < -0.4 is 21.7 Å². The molecule has 0 atom stereocenters. The van der Waals surface area contributed by atoms with Crippen LogP contribution in [0.4, 0.5) is 19.3 Å². The number of alkyl halides is 2. The molecule has 0 bridgehead atoms. The molecule has 0 aromatic heterocycles. The van der Waals surface area contributed by atoms with Gasteiger partial charge in [-0.15, -0.1) is 0 Å². The Morgan fingerprint density at radius 2 is 2.00 bits per heavy atom. The maximum atomic E-state index is 13.0. The Kier molecular flexibility index (Phi) is 6.24. The summed E-state index contributed by atoms with van der Waals surface area (Å²) in [6.45, 7) is 1.93. The molecule has 1 aromatic carbocycles. The van der Waals surface area contributed by atoms with Crippen LogP contribution in [0.25, 0.3) is 0 Å². The lowest BCUT2D eigenvalue weighted by molar-refractivity contribution is 0.0118. The molecule has 0 saturated carbocycles. The van der Waals surface area contributed by atoms with E-state index in [2.05, 4.69) is 16.0 Å². The number of hydrogen-bond donors (Lipinski definition) is 4.